The number of aliphatic hydroxyl groups is 1. The van der Waals surface area contributed by atoms with Gasteiger partial charge in [-0.05, 0) is 18.6 Å². The first-order valence-corrected chi connectivity index (χ1v) is 5.88. The highest BCUT2D eigenvalue weighted by atomic mass is 19.1. The number of rotatable bonds is 4. The van der Waals surface area contributed by atoms with Crippen molar-refractivity contribution in [2.45, 2.75) is 13.0 Å². The van der Waals surface area contributed by atoms with Crippen LogP contribution in [0.5, 0.6) is 0 Å². The summed E-state index contributed by atoms with van der Waals surface area (Å²) >= 11 is 0. The molecule has 0 aromatic heterocycles. The number of methoxy groups -OCH3 is 1. The molecule has 1 aromatic carbocycles. The molecule has 1 atom stereocenters. The lowest BCUT2D eigenvalue weighted by Crippen LogP contribution is -2.22. The Labute approximate surface area is 101 Å². The van der Waals surface area contributed by atoms with E-state index in [2.05, 4.69) is 4.90 Å². The van der Waals surface area contributed by atoms with Crippen LogP contribution in [0.2, 0.25) is 0 Å². The Morgan fingerprint density at radius 3 is 3.06 bits per heavy atom. The second-order valence-corrected chi connectivity index (χ2v) is 4.45. The van der Waals surface area contributed by atoms with E-state index in [4.69, 9.17) is 4.74 Å². The lowest BCUT2D eigenvalue weighted by Gasteiger charge is -2.21. The third kappa shape index (κ3) is 2.58. The molecule has 1 aliphatic rings. The molecular formula is C13H18FNO2. The van der Waals surface area contributed by atoms with Crippen LogP contribution in [0.4, 0.5) is 10.1 Å². The normalized spacial score (nSPS) is 19.9. The fraction of sp³-hybridized carbons (Fsp3) is 0.538. The molecule has 4 heteroatoms. The number of anilines is 1. The van der Waals surface area contributed by atoms with Crippen LogP contribution in [-0.4, -0.2) is 31.9 Å². The van der Waals surface area contributed by atoms with E-state index in [1.807, 2.05) is 6.07 Å². The Bertz CT molecular complexity index is 384. The summed E-state index contributed by atoms with van der Waals surface area (Å²) in [6.07, 6.45) is 1.05. The lowest BCUT2D eigenvalue weighted by atomic mass is 10.1. The van der Waals surface area contributed by atoms with Gasteiger partial charge in [0.05, 0.1) is 13.2 Å². The maximum Gasteiger partial charge on any atom is 0.130 e. The van der Waals surface area contributed by atoms with E-state index in [9.17, 15) is 9.50 Å². The maximum absolute atomic E-state index is 13.5. The standard InChI is InChI=1S/C13H18FNO2/c1-17-9-10-5-6-15(7-10)13-4-2-3-12(14)11(13)8-16/h2-4,10,16H,5-9H2,1H3. The highest BCUT2D eigenvalue weighted by molar-refractivity contribution is 5.54. The third-order valence-electron chi connectivity index (χ3n) is 3.28. The van der Waals surface area contributed by atoms with E-state index >= 15 is 0 Å². The fourth-order valence-corrected chi connectivity index (χ4v) is 2.42. The quantitative estimate of drug-likeness (QED) is 0.869. The first kappa shape index (κ1) is 12.3. The van der Waals surface area contributed by atoms with Crippen LogP contribution >= 0.6 is 0 Å². The zero-order valence-corrected chi connectivity index (χ0v) is 10.0. The molecule has 3 nitrogen and oxygen atoms in total. The van der Waals surface area contributed by atoms with Crippen LogP contribution in [0, 0.1) is 11.7 Å². The molecule has 1 unspecified atom stereocenters. The van der Waals surface area contributed by atoms with Crippen LogP contribution in [0.3, 0.4) is 0 Å². The van der Waals surface area contributed by atoms with Crippen LogP contribution in [-0.2, 0) is 11.3 Å². The van der Waals surface area contributed by atoms with E-state index in [1.54, 1.807) is 13.2 Å². The molecule has 1 aromatic rings. The molecule has 0 bridgehead atoms. The van der Waals surface area contributed by atoms with E-state index in [1.165, 1.54) is 6.07 Å². The molecule has 0 aliphatic carbocycles. The summed E-state index contributed by atoms with van der Waals surface area (Å²) in [5.74, 6) is 0.162. The number of benzene rings is 1. The van der Waals surface area contributed by atoms with Crippen LogP contribution in [0.15, 0.2) is 18.2 Å². The number of ether oxygens (including phenoxy) is 1. The number of aliphatic hydroxyl groups excluding tert-OH is 1. The zero-order valence-electron chi connectivity index (χ0n) is 10.0. The van der Waals surface area contributed by atoms with Gasteiger partial charge in [0.15, 0.2) is 0 Å². The van der Waals surface area contributed by atoms with Crippen molar-refractivity contribution in [1.29, 1.82) is 0 Å². The number of hydrogen-bond acceptors (Lipinski definition) is 3. The average Bonchev–Trinajstić information content (AvgIpc) is 2.78. The van der Waals surface area contributed by atoms with Gasteiger partial charge in [-0.25, -0.2) is 4.39 Å². The van der Waals surface area contributed by atoms with Crippen molar-refractivity contribution in [1.82, 2.24) is 0 Å². The van der Waals surface area contributed by atoms with Crippen molar-refractivity contribution in [3.8, 4) is 0 Å². The third-order valence-corrected chi connectivity index (χ3v) is 3.28. The van der Waals surface area contributed by atoms with Gasteiger partial charge < -0.3 is 14.7 Å². The van der Waals surface area contributed by atoms with Gasteiger partial charge >= 0.3 is 0 Å². The van der Waals surface area contributed by atoms with Crippen LogP contribution < -0.4 is 4.90 Å². The van der Waals surface area contributed by atoms with Gasteiger partial charge in [0.25, 0.3) is 0 Å². The van der Waals surface area contributed by atoms with Gasteiger partial charge in [-0.2, -0.15) is 0 Å². The minimum atomic E-state index is -0.333. The van der Waals surface area contributed by atoms with Gasteiger partial charge in [-0.15, -0.1) is 0 Å². The smallest absolute Gasteiger partial charge is 0.130 e. The van der Waals surface area contributed by atoms with Crippen LogP contribution in [0.25, 0.3) is 0 Å². The second kappa shape index (κ2) is 5.47. The SMILES string of the molecule is COCC1CCN(c2cccc(F)c2CO)C1. The first-order chi connectivity index (χ1) is 8.26. The minimum Gasteiger partial charge on any atom is -0.391 e. The minimum absolute atomic E-state index is 0.256. The fourth-order valence-electron chi connectivity index (χ4n) is 2.42. The summed E-state index contributed by atoms with van der Waals surface area (Å²) in [6, 6.07) is 4.94. The predicted molar refractivity (Wildman–Crippen MR) is 64.5 cm³/mol. The topological polar surface area (TPSA) is 32.7 Å². The van der Waals surface area contributed by atoms with Gasteiger partial charge in [-0.1, -0.05) is 6.07 Å². The van der Waals surface area contributed by atoms with E-state index in [0.29, 0.717) is 11.5 Å². The summed E-state index contributed by atoms with van der Waals surface area (Å²) < 4.78 is 18.7. The Hall–Kier alpha value is -1.13. The molecule has 0 radical (unpaired) electrons. The summed E-state index contributed by atoms with van der Waals surface area (Å²) in [7, 11) is 1.70. The Balaban J connectivity index is 2.15. The summed E-state index contributed by atoms with van der Waals surface area (Å²) in [4.78, 5) is 2.12. The van der Waals surface area contributed by atoms with Gasteiger partial charge in [0, 0.05) is 37.4 Å². The van der Waals surface area contributed by atoms with Gasteiger partial charge in [-0.3, -0.25) is 0 Å². The Morgan fingerprint density at radius 1 is 1.53 bits per heavy atom. The number of hydrogen-bond donors (Lipinski definition) is 1. The summed E-state index contributed by atoms with van der Waals surface area (Å²) in [6.45, 7) is 2.24. The molecule has 17 heavy (non-hydrogen) atoms. The molecule has 1 fully saturated rings. The van der Waals surface area contributed by atoms with E-state index in [-0.39, 0.29) is 12.4 Å². The lowest BCUT2D eigenvalue weighted by molar-refractivity contribution is 0.161. The first-order valence-electron chi connectivity index (χ1n) is 5.88. The average molecular weight is 239 g/mol. The van der Waals surface area contributed by atoms with Crippen LogP contribution in [0.1, 0.15) is 12.0 Å². The molecule has 1 N–H and O–H groups in total. The van der Waals surface area contributed by atoms with Crippen molar-refractivity contribution >= 4 is 5.69 Å². The predicted octanol–water partition coefficient (Wildman–Crippen LogP) is 1.79. The molecule has 1 saturated heterocycles. The zero-order chi connectivity index (χ0) is 12.3. The van der Waals surface area contributed by atoms with Crippen molar-refractivity contribution in [3.05, 3.63) is 29.6 Å². The van der Waals surface area contributed by atoms with Crippen molar-refractivity contribution in [2.24, 2.45) is 5.92 Å². The van der Waals surface area contributed by atoms with Crippen molar-refractivity contribution in [3.63, 3.8) is 0 Å². The maximum atomic E-state index is 13.5. The summed E-state index contributed by atoms with van der Waals surface area (Å²) in [5, 5.41) is 9.24. The Kier molecular flexibility index (Phi) is 3.97. The molecule has 1 heterocycles. The van der Waals surface area contributed by atoms with Gasteiger partial charge in [0.2, 0.25) is 0 Å². The molecule has 0 amide bonds. The van der Waals surface area contributed by atoms with E-state index < -0.39 is 0 Å². The monoisotopic (exact) mass is 239 g/mol. The molecular weight excluding hydrogens is 221 g/mol. The van der Waals surface area contributed by atoms with Gasteiger partial charge in [0.1, 0.15) is 5.82 Å². The van der Waals surface area contributed by atoms with Crippen molar-refractivity contribution in [2.75, 3.05) is 31.7 Å². The largest absolute Gasteiger partial charge is 0.391 e. The molecule has 94 valence electrons. The molecule has 0 saturated carbocycles. The Morgan fingerprint density at radius 2 is 2.35 bits per heavy atom. The number of nitrogens with zero attached hydrogens (tertiary/aromatic N) is 1. The highest BCUT2D eigenvalue weighted by Crippen LogP contribution is 2.28. The van der Waals surface area contributed by atoms with E-state index in [0.717, 1.165) is 31.8 Å². The molecule has 2 rings (SSSR count). The second-order valence-electron chi connectivity index (χ2n) is 4.45. The van der Waals surface area contributed by atoms with Crippen molar-refractivity contribution < 1.29 is 14.2 Å². The highest BCUT2D eigenvalue weighted by Gasteiger charge is 2.24. The molecule has 0 spiro atoms. The number of halogens is 1. The summed E-state index contributed by atoms with van der Waals surface area (Å²) in [5.41, 5.74) is 1.21. The molecule has 1 aliphatic heterocycles.